The van der Waals surface area contributed by atoms with Crippen molar-refractivity contribution >= 4 is 0 Å². The predicted octanol–water partition coefficient (Wildman–Crippen LogP) is 6.33. The number of hydrogen-bond donors (Lipinski definition) is 2. The molecule has 1 saturated carbocycles. The van der Waals surface area contributed by atoms with Crippen LogP contribution in [0.25, 0.3) is 0 Å². The Morgan fingerprint density at radius 3 is 1.11 bits per heavy atom. The number of ether oxygens (including phenoxy) is 2. The highest BCUT2D eigenvalue weighted by Crippen LogP contribution is 2.19. The molecule has 2 N–H and O–H groups in total. The topological polar surface area (TPSA) is 58.9 Å². The Balaban J connectivity index is 0. The Kier molecular flexibility index (Phi) is 24.1. The summed E-state index contributed by atoms with van der Waals surface area (Å²) in [5.74, 6) is 1.74. The van der Waals surface area contributed by atoms with Gasteiger partial charge >= 0.3 is 0 Å². The normalized spacial score (nSPS) is 11.0. The first-order valence-corrected chi connectivity index (χ1v) is 9.41. The van der Waals surface area contributed by atoms with Crippen molar-refractivity contribution < 1.29 is 19.7 Å². The molecule has 0 atom stereocenters. The smallest absolute Gasteiger partial charge is 0.127 e. The van der Waals surface area contributed by atoms with Crippen molar-refractivity contribution in [2.24, 2.45) is 0 Å². The van der Waals surface area contributed by atoms with Crippen molar-refractivity contribution in [1.29, 1.82) is 0 Å². The van der Waals surface area contributed by atoms with Crippen LogP contribution in [0.1, 0.15) is 38.5 Å². The fourth-order valence-corrected chi connectivity index (χ4v) is 2.24. The summed E-state index contributed by atoms with van der Waals surface area (Å²) in [6.07, 6.45) is 11.6. The monoisotopic (exact) mass is 388 g/mol. The highest BCUT2D eigenvalue weighted by atomic mass is 16.5. The Morgan fingerprint density at radius 1 is 0.607 bits per heavy atom. The maximum absolute atomic E-state index is 7.00. The first kappa shape index (κ1) is 27.7. The van der Waals surface area contributed by atoms with Gasteiger partial charge in [0.15, 0.2) is 0 Å². The van der Waals surface area contributed by atoms with E-state index in [2.05, 4.69) is 17.9 Å². The third kappa shape index (κ3) is 18.2. The highest BCUT2D eigenvalue weighted by Gasteiger charge is 1.95. The van der Waals surface area contributed by atoms with Gasteiger partial charge in [-0.15, -0.1) is 0 Å². The van der Waals surface area contributed by atoms with Crippen molar-refractivity contribution in [3.63, 3.8) is 0 Å². The molecule has 0 aliphatic heterocycles. The maximum atomic E-state index is 7.00. The van der Waals surface area contributed by atoms with E-state index in [9.17, 15) is 0 Å². The molecule has 4 nitrogen and oxygen atoms in total. The molecule has 3 rings (SSSR count). The van der Waals surface area contributed by atoms with Gasteiger partial charge in [-0.1, -0.05) is 88.1 Å². The molecule has 0 spiro atoms. The van der Waals surface area contributed by atoms with E-state index in [-0.39, 0.29) is 0 Å². The van der Waals surface area contributed by atoms with E-state index >= 15 is 0 Å². The van der Waals surface area contributed by atoms with Gasteiger partial charge in [0, 0.05) is 14.2 Å². The number of aliphatic hydroxyl groups is 2. The van der Waals surface area contributed by atoms with Crippen LogP contribution < -0.4 is 4.74 Å². The van der Waals surface area contributed by atoms with Crippen molar-refractivity contribution in [2.75, 3.05) is 14.2 Å². The van der Waals surface area contributed by atoms with Crippen LogP contribution in [0, 0.1) is 0 Å². The second-order valence-corrected chi connectivity index (χ2v) is 5.32. The van der Waals surface area contributed by atoms with E-state index in [4.69, 9.17) is 14.9 Å². The van der Waals surface area contributed by atoms with Gasteiger partial charge in [-0.25, -0.2) is 0 Å². The molecule has 0 bridgehead atoms. The summed E-state index contributed by atoms with van der Waals surface area (Å²) in [4.78, 5) is 0. The number of rotatable bonds is 4. The minimum atomic E-state index is 0.869. The molecule has 0 heterocycles. The van der Waals surface area contributed by atoms with Crippen LogP contribution in [0.2, 0.25) is 0 Å². The first-order chi connectivity index (χ1) is 13.9. The van der Waals surface area contributed by atoms with Crippen molar-refractivity contribution in [2.45, 2.75) is 38.5 Å². The lowest BCUT2D eigenvalue weighted by atomic mass is 10.0. The lowest BCUT2D eigenvalue weighted by molar-refractivity contribution is 0.399. The second-order valence-electron chi connectivity index (χ2n) is 5.32. The minimum Gasteiger partial charge on any atom is -0.474 e. The molecule has 1 aliphatic carbocycles. The molecule has 2 aromatic rings. The van der Waals surface area contributed by atoms with Gasteiger partial charge in [0.25, 0.3) is 0 Å². The molecule has 156 valence electrons. The molecule has 2 aromatic carbocycles. The van der Waals surface area contributed by atoms with Crippen LogP contribution in [-0.4, -0.2) is 24.4 Å². The largest absolute Gasteiger partial charge is 0.474 e. The molecule has 28 heavy (non-hydrogen) atoms. The summed E-state index contributed by atoms with van der Waals surface area (Å²) < 4.78 is 9.94. The summed E-state index contributed by atoms with van der Waals surface area (Å²) in [7, 11) is 2.00. The van der Waals surface area contributed by atoms with Gasteiger partial charge in [-0.3, -0.25) is 0 Å². The Labute approximate surface area is 170 Å². The van der Waals surface area contributed by atoms with E-state index in [1.54, 1.807) is 0 Å². The summed E-state index contributed by atoms with van der Waals surface area (Å²) in [6, 6.07) is 19.5. The van der Waals surface area contributed by atoms with Crippen LogP contribution >= 0.6 is 0 Å². The maximum Gasteiger partial charge on any atom is 0.127 e. The van der Waals surface area contributed by atoms with Crippen LogP contribution in [0.15, 0.2) is 86.3 Å². The second kappa shape index (κ2) is 24.4. The van der Waals surface area contributed by atoms with Crippen molar-refractivity contribution in [3.05, 3.63) is 86.3 Å². The fraction of sp³-hybridized carbons (Fsp3) is 0.333. The Hall–Kier alpha value is -2.56. The Bertz CT molecular complexity index is 482. The van der Waals surface area contributed by atoms with Crippen LogP contribution in [0.3, 0.4) is 0 Å². The number of aliphatic hydroxyl groups excluding tert-OH is 2. The Morgan fingerprint density at radius 2 is 0.893 bits per heavy atom. The molecule has 1 fully saturated rings. The molecule has 4 heteroatoms. The quantitative estimate of drug-likeness (QED) is 0.601. The molecule has 0 aromatic heterocycles. The molecular weight excluding hydrogens is 352 g/mol. The number of hydrogen-bond acceptors (Lipinski definition) is 4. The standard InChI is InChI=1S/C12H10O.C6H12.C4H6O.2CH4O/c1-3-7-11(8-4-1)13-12-9-5-2-6-10-12;1-2-4-6-5-3-1;1-3-5-4-2;2*1-2/h1-10H;1-6H2;3-4H,1-2H2;2*2H,1H3. The van der Waals surface area contributed by atoms with E-state index in [1.807, 2.05) is 60.7 Å². The lowest BCUT2D eigenvalue weighted by Crippen LogP contribution is -1.85. The van der Waals surface area contributed by atoms with Gasteiger partial charge in [0.1, 0.15) is 11.5 Å². The van der Waals surface area contributed by atoms with Gasteiger partial charge in [0.05, 0.1) is 12.5 Å². The van der Waals surface area contributed by atoms with E-state index < -0.39 is 0 Å². The SMILES string of the molecule is C1CCCCC1.C=COC=C.CO.CO.c1ccc(Oc2ccccc2)cc1. The average Bonchev–Trinajstić information content (AvgIpc) is 2.81. The first-order valence-electron chi connectivity index (χ1n) is 9.41. The molecule has 0 saturated heterocycles. The summed E-state index contributed by atoms with van der Waals surface area (Å²) in [5.41, 5.74) is 0. The molecule has 0 amide bonds. The average molecular weight is 389 g/mol. The lowest BCUT2D eigenvalue weighted by Gasteiger charge is -2.05. The van der Waals surface area contributed by atoms with Crippen LogP contribution in [-0.2, 0) is 4.74 Å². The predicted molar refractivity (Wildman–Crippen MR) is 118 cm³/mol. The fourth-order valence-electron chi connectivity index (χ4n) is 2.24. The third-order valence-electron chi connectivity index (χ3n) is 3.41. The van der Waals surface area contributed by atoms with E-state index in [0.29, 0.717) is 0 Å². The summed E-state index contributed by atoms with van der Waals surface area (Å²) >= 11 is 0. The van der Waals surface area contributed by atoms with Crippen molar-refractivity contribution in [3.8, 4) is 11.5 Å². The number of benzene rings is 2. The van der Waals surface area contributed by atoms with Crippen molar-refractivity contribution in [1.82, 2.24) is 0 Å². The molecule has 1 aliphatic rings. The zero-order valence-corrected chi connectivity index (χ0v) is 17.3. The number of para-hydroxylation sites is 2. The molecule has 0 unspecified atom stereocenters. The van der Waals surface area contributed by atoms with Gasteiger partial charge in [0.2, 0.25) is 0 Å². The molecular formula is C24H36O4. The third-order valence-corrected chi connectivity index (χ3v) is 3.41. The van der Waals surface area contributed by atoms with Gasteiger partial charge in [-0.2, -0.15) is 0 Å². The minimum absolute atomic E-state index is 0.869. The van der Waals surface area contributed by atoms with Gasteiger partial charge < -0.3 is 19.7 Å². The van der Waals surface area contributed by atoms with E-state index in [0.717, 1.165) is 25.7 Å². The zero-order chi connectivity index (χ0) is 21.3. The zero-order valence-electron chi connectivity index (χ0n) is 17.3. The van der Waals surface area contributed by atoms with Crippen LogP contribution in [0.4, 0.5) is 0 Å². The van der Waals surface area contributed by atoms with Gasteiger partial charge in [-0.05, 0) is 24.3 Å². The highest BCUT2D eigenvalue weighted by molar-refractivity contribution is 5.30. The molecule has 0 radical (unpaired) electrons. The summed E-state index contributed by atoms with van der Waals surface area (Å²) in [5, 5.41) is 14.0. The van der Waals surface area contributed by atoms with E-state index in [1.165, 1.54) is 51.0 Å². The summed E-state index contributed by atoms with van der Waals surface area (Å²) in [6.45, 7) is 6.51. The van der Waals surface area contributed by atoms with Crippen LogP contribution in [0.5, 0.6) is 11.5 Å².